The van der Waals surface area contributed by atoms with Crippen LogP contribution in [0.1, 0.15) is 6.42 Å². The number of rotatable bonds is 7. The maximum atomic E-state index is 11.0. The Balaban J connectivity index is 3.47. The number of carbonyl (C=O) groups is 2. The Labute approximate surface area is 87.7 Å². The molecule has 4 N–H and O–H groups in total. The highest BCUT2D eigenvalue weighted by molar-refractivity contribution is 5.78. The largest absolute Gasteiger partial charge is 0.479 e. The first-order chi connectivity index (χ1) is 7.07. The van der Waals surface area contributed by atoms with Crippen LogP contribution in [0.5, 0.6) is 0 Å². The van der Waals surface area contributed by atoms with Gasteiger partial charge in [0, 0.05) is 13.0 Å². The molecule has 0 aliphatic rings. The third kappa shape index (κ3) is 7.49. The van der Waals surface area contributed by atoms with Crippen LogP contribution in [0.15, 0.2) is 0 Å². The van der Waals surface area contributed by atoms with Gasteiger partial charge in [0.05, 0.1) is 13.1 Å². The molecule has 0 aromatic rings. The molecular weight excluding hydrogens is 200 g/mol. The summed E-state index contributed by atoms with van der Waals surface area (Å²) in [6, 6.07) is 0. The zero-order valence-corrected chi connectivity index (χ0v) is 8.19. The SMILES string of the molecule is C#CCNCC(=O)NCCC(O)C(=O)O. The van der Waals surface area contributed by atoms with Crippen molar-refractivity contribution < 1.29 is 19.8 Å². The predicted molar refractivity (Wildman–Crippen MR) is 53.0 cm³/mol. The molecule has 0 fully saturated rings. The van der Waals surface area contributed by atoms with E-state index >= 15 is 0 Å². The first-order valence-corrected chi connectivity index (χ1v) is 4.39. The number of nitrogens with one attached hydrogen (secondary N) is 2. The second-order valence-electron chi connectivity index (χ2n) is 2.80. The van der Waals surface area contributed by atoms with E-state index in [0.717, 1.165) is 0 Å². The van der Waals surface area contributed by atoms with Crippen molar-refractivity contribution in [2.75, 3.05) is 19.6 Å². The number of terminal acetylenes is 1. The van der Waals surface area contributed by atoms with Crippen molar-refractivity contribution in [3.05, 3.63) is 0 Å². The Hall–Kier alpha value is -1.58. The number of aliphatic hydroxyl groups excluding tert-OH is 1. The van der Waals surface area contributed by atoms with Crippen LogP contribution in [-0.2, 0) is 9.59 Å². The predicted octanol–water partition coefficient (Wildman–Crippen LogP) is -1.84. The lowest BCUT2D eigenvalue weighted by atomic mass is 10.2. The molecule has 15 heavy (non-hydrogen) atoms. The molecule has 0 saturated heterocycles. The summed E-state index contributed by atoms with van der Waals surface area (Å²) in [5.41, 5.74) is 0. The van der Waals surface area contributed by atoms with Crippen molar-refractivity contribution in [3.63, 3.8) is 0 Å². The number of carboxylic acids is 1. The summed E-state index contributed by atoms with van der Waals surface area (Å²) in [6.07, 6.45) is 3.49. The molecule has 0 saturated carbocycles. The second kappa shape index (κ2) is 7.79. The minimum absolute atomic E-state index is 0.0176. The Kier molecular flexibility index (Phi) is 6.97. The second-order valence-corrected chi connectivity index (χ2v) is 2.80. The average Bonchev–Trinajstić information content (AvgIpc) is 2.18. The Morgan fingerprint density at radius 3 is 2.67 bits per heavy atom. The van der Waals surface area contributed by atoms with Gasteiger partial charge in [-0.2, -0.15) is 0 Å². The van der Waals surface area contributed by atoms with Crippen molar-refractivity contribution in [3.8, 4) is 12.3 Å². The topological polar surface area (TPSA) is 98.7 Å². The summed E-state index contributed by atoms with van der Waals surface area (Å²) in [5.74, 6) is 0.718. The number of carbonyl (C=O) groups excluding carboxylic acids is 1. The van der Waals surface area contributed by atoms with Crippen LogP contribution in [0.25, 0.3) is 0 Å². The number of hydrogen-bond donors (Lipinski definition) is 4. The van der Waals surface area contributed by atoms with Crippen LogP contribution in [0, 0.1) is 12.3 Å². The fourth-order valence-electron chi connectivity index (χ4n) is 0.782. The van der Waals surface area contributed by atoms with E-state index in [4.69, 9.17) is 16.6 Å². The number of aliphatic hydroxyl groups is 1. The molecule has 1 unspecified atom stereocenters. The third-order valence-electron chi connectivity index (χ3n) is 1.54. The fourth-order valence-corrected chi connectivity index (χ4v) is 0.782. The maximum absolute atomic E-state index is 11.0. The first kappa shape index (κ1) is 13.4. The molecule has 0 aliphatic carbocycles. The summed E-state index contributed by atoms with van der Waals surface area (Å²) >= 11 is 0. The van der Waals surface area contributed by atoms with Gasteiger partial charge in [-0.15, -0.1) is 6.42 Å². The van der Waals surface area contributed by atoms with Gasteiger partial charge in [-0.05, 0) is 0 Å². The quantitative estimate of drug-likeness (QED) is 0.295. The van der Waals surface area contributed by atoms with Gasteiger partial charge in [-0.1, -0.05) is 5.92 Å². The van der Waals surface area contributed by atoms with Crippen molar-refractivity contribution in [1.29, 1.82) is 0 Å². The van der Waals surface area contributed by atoms with Crippen LogP contribution >= 0.6 is 0 Å². The van der Waals surface area contributed by atoms with E-state index in [2.05, 4.69) is 16.6 Å². The highest BCUT2D eigenvalue weighted by Gasteiger charge is 2.12. The zero-order chi connectivity index (χ0) is 11.7. The Morgan fingerprint density at radius 1 is 1.47 bits per heavy atom. The molecule has 1 atom stereocenters. The number of carboxylic acid groups (broad SMARTS) is 1. The minimum atomic E-state index is -1.44. The van der Waals surface area contributed by atoms with E-state index in [0.29, 0.717) is 6.54 Å². The van der Waals surface area contributed by atoms with E-state index in [9.17, 15) is 9.59 Å². The smallest absolute Gasteiger partial charge is 0.332 e. The van der Waals surface area contributed by atoms with Gasteiger partial charge in [-0.3, -0.25) is 10.1 Å². The van der Waals surface area contributed by atoms with E-state index < -0.39 is 12.1 Å². The zero-order valence-electron chi connectivity index (χ0n) is 8.19. The molecule has 0 aliphatic heterocycles. The minimum Gasteiger partial charge on any atom is -0.479 e. The van der Waals surface area contributed by atoms with Crippen LogP contribution in [0.3, 0.4) is 0 Å². The van der Waals surface area contributed by atoms with E-state index in [1.165, 1.54) is 0 Å². The molecule has 0 aromatic heterocycles. The van der Waals surface area contributed by atoms with Crippen molar-refractivity contribution in [2.45, 2.75) is 12.5 Å². The summed E-state index contributed by atoms with van der Waals surface area (Å²) in [4.78, 5) is 21.2. The van der Waals surface area contributed by atoms with Gasteiger partial charge in [0.2, 0.25) is 5.91 Å². The molecule has 0 bridgehead atoms. The standard InChI is InChI=1S/C9H14N2O4/c1-2-4-10-6-8(13)11-5-3-7(12)9(14)15/h1,7,10,12H,3-6H2,(H,11,13)(H,14,15). The van der Waals surface area contributed by atoms with Crippen molar-refractivity contribution in [1.82, 2.24) is 10.6 Å². The lowest BCUT2D eigenvalue weighted by molar-refractivity contribution is -0.147. The molecule has 6 heteroatoms. The van der Waals surface area contributed by atoms with E-state index in [-0.39, 0.29) is 25.4 Å². The van der Waals surface area contributed by atoms with E-state index in [1.807, 2.05) is 0 Å². The maximum Gasteiger partial charge on any atom is 0.332 e. The molecule has 0 radical (unpaired) electrons. The lowest BCUT2D eigenvalue weighted by Gasteiger charge is -2.07. The summed E-state index contributed by atoms with van der Waals surface area (Å²) < 4.78 is 0. The van der Waals surface area contributed by atoms with Gasteiger partial charge < -0.3 is 15.5 Å². The fraction of sp³-hybridized carbons (Fsp3) is 0.556. The number of hydrogen-bond acceptors (Lipinski definition) is 4. The molecule has 84 valence electrons. The van der Waals surface area contributed by atoms with Crippen molar-refractivity contribution in [2.24, 2.45) is 0 Å². The Morgan fingerprint density at radius 2 is 2.13 bits per heavy atom. The van der Waals surface area contributed by atoms with Gasteiger partial charge in [0.25, 0.3) is 0 Å². The molecule has 0 spiro atoms. The number of amides is 1. The average molecular weight is 214 g/mol. The highest BCUT2D eigenvalue weighted by Crippen LogP contribution is 1.88. The van der Waals surface area contributed by atoms with Crippen molar-refractivity contribution >= 4 is 11.9 Å². The van der Waals surface area contributed by atoms with Crippen LogP contribution in [0.4, 0.5) is 0 Å². The van der Waals surface area contributed by atoms with Crippen LogP contribution < -0.4 is 10.6 Å². The highest BCUT2D eigenvalue weighted by atomic mass is 16.4. The summed E-state index contributed by atoms with van der Waals surface area (Å²) in [5, 5.41) is 22.3. The van der Waals surface area contributed by atoms with Gasteiger partial charge in [0.1, 0.15) is 0 Å². The number of aliphatic carboxylic acids is 1. The van der Waals surface area contributed by atoms with Crippen LogP contribution in [-0.4, -0.2) is 47.8 Å². The monoisotopic (exact) mass is 214 g/mol. The van der Waals surface area contributed by atoms with E-state index in [1.54, 1.807) is 0 Å². The molecule has 0 heterocycles. The summed E-state index contributed by atoms with van der Waals surface area (Å²) in [6.45, 7) is 0.489. The third-order valence-corrected chi connectivity index (χ3v) is 1.54. The van der Waals surface area contributed by atoms with Gasteiger partial charge in [-0.25, -0.2) is 4.79 Å². The van der Waals surface area contributed by atoms with Crippen LogP contribution in [0.2, 0.25) is 0 Å². The first-order valence-electron chi connectivity index (χ1n) is 4.39. The van der Waals surface area contributed by atoms with Gasteiger partial charge >= 0.3 is 5.97 Å². The molecule has 1 amide bonds. The normalized spacial score (nSPS) is 11.5. The lowest BCUT2D eigenvalue weighted by Crippen LogP contribution is -2.36. The molecule has 0 aromatic carbocycles. The Bertz CT molecular complexity index is 259. The van der Waals surface area contributed by atoms with Gasteiger partial charge in [0.15, 0.2) is 6.10 Å². The molecule has 6 nitrogen and oxygen atoms in total. The molecule has 0 rings (SSSR count). The molecular formula is C9H14N2O4. The summed E-state index contributed by atoms with van der Waals surface area (Å²) in [7, 11) is 0.